The van der Waals surface area contributed by atoms with Crippen LogP contribution in [0.2, 0.25) is 0 Å². The number of halogens is 1. The van der Waals surface area contributed by atoms with Crippen LogP contribution >= 0.6 is 15.9 Å². The summed E-state index contributed by atoms with van der Waals surface area (Å²) in [5.74, 6) is 0.768. The molecule has 0 fully saturated rings. The summed E-state index contributed by atoms with van der Waals surface area (Å²) in [7, 11) is 0. The van der Waals surface area contributed by atoms with E-state index in [4.69, 9.17) is 4.52 Å². The predicted octanol–water partition coefficient (Wildman–Crippen LogP) is 2.35. The number of rotatable bonds is 1. The van der Waals surface area contributed by atoms with Gasteiger partial charge in [-0.15, -0.1) is 0 Å². The molecule has 1 aromatic rings. The van der Waals surface area contributed by atoms with Crippen LogP contribution in [-0.4, -0.2) is 5.16 Å². The highest BCUT2D eigenvalue weighted by Gasteiger charge is 1.92. The molecule has 0 saturated heterocycles. The van der Waals surface area contributed by atoms with Crippen LogP contribution < -0.4 is 0 Å². The van der Waals surface area contributed by atoms with Crippen LogP contribution in [0.4, 0.5) is 0 Å². The zero-order valence-corrected chi connectivity index (χ0v) is 6.55. The minimum Gasteiger partial charge on any atom is -0.357 e. The Labute approximate surface area is 61.7 Å². The number of aryl methyl sites for hydroxylation is 1. The highest BCUT2D eigenvalue weighted by Crippen LogP contribution is 2.04. The highest BCUT2D eigenvalue weighted by molar-refractivity contribution is 9.11. The average molecular weight is 188 g/mol. The van der Waals surface area contributed by atoms with E-state index < -0.39 is 0 Å². The molecule has 1 heterocycles. The van der Waals surface area contributed by atoms with Gasteiger partial charge in [0.2, 0.25) is 0 Å². The van der Waals surface area contributed by atoms with E-state index in [1.165, 1.54) is 0 Å². The fourth-order valence-corrected chi connectivity index (χ4v) is 0.784. The van der Waals surface area contributed by atoms with Crippen molar-refractivity contribution in [1.82, 2.24) is 5.16 Å². The quantitative estimate of drug-likeness (QED) is 0.675. The van der Waals surface area contributed by atoms with Crippen molar-refractivity contribution in [2.75, 3.05) is 0 Å². The van der Waals surface area contributed by atoms with Gasteiger partial charge in [-0.05, 0) is 18.0 Å². The van der Waals surface area contributed by atoms with E-state index in [0.29, 0.717) is 0 Å². The van der Waals surface area contributed by atoms with Crippen molar-refractivity contribution in [3.8, 4) is 0 Å². The maximum atomic E-state index is 4.84. The van der Waals surface area contributed by atoms with Crippen molar-refractivity contribution in [3.05, 3.63) is 22.5 Å². The third-order valence-corrected chi connectivity index (χ3v) is 1.14. The number of hydrogen-bond donors (Lipinski definition) is 0. The Morgan fingerprint density at radius 2 is 2.56 bits per heavy atom. The van der Waals surface area contributed by atoms with E-state index in [1.807, 2.05) is 13.0 Å². The molecule has 0 aliphatic heterocycles. The SMILES string of the molecule is Cc1cc(C=CBr)on1. The van der Waals surface area contributed by atoms with Crippen LogP contribution in [-0.2, 0) is 0 Å². The highest BCUT2D eigenvalue weighted by atomic mass is 79.9. The predicted molar refractivity (Wildman–Crippen MR) is 39.2 cm³/mol. The lowest BCUT2D eigenvalue weighted by atomic mass is 10.4. The van der Waals surface area contributed by atoms with E-state index >= 15 is 0 Å². The summed E-state index contributed by atoms with van der Waals surface area (Å²) in [4.78, 5) is 1.73. The molecule has 0 aliphatic carbocycles. The van der Waals surface area contributed by atoms with Crippen LogP contribution in [0, 0.1) is 6.92 Å². The van der Waals surface area contributed by atoms with Crippen molar-refractivity contribution in [2.24, 2.45) is 0 Å². The van der Waals surface area contributed by atoms with Gasteiger partial charge < -0.3 is 4.52 Å². The van der Waals surface area contributed by atoms with Gasteiger partial charge >= 0.3 is 0 Å². The van der Waals surface area contributed by atoms with E-state index in [0.717, 1.165) is 11.5 Å². The number of nitrogens with zero attached hydrogens (tertiary/aromatic N) is 1. The van der Waals surface area contributed by atoms with E-state index in [1.54, 1.807) is 11.1 Å². The molecule has 0 radical (unpaired) electrons. The third-order valence-electron chi connectivity index (χ3n) is 0.873. The fraction of sp³-hybridized carbons (Fsp3) is 0.167. The summed E-state index contributed by atoms with van der Waals surface area (Å²) in [6.07, 6.45) is 1.79. The molecule has 0 amide bonds. The van der Waals surface area contributed by atoms with Gasteiger partial charge in [0.05, 0.1) is 5.69 Å². The summed E-state index contributed by atoms with van der Waals surface area (Å²) in [6.45, 7) is 1.88. The molecule has 0 atom stereocenters. The molecule has 0 bridgehead atoms. The summed E-state index contributed by atoms with van der Waals surface area (Å²) in [5, 5.41) is 3.69. The smallest absolute Gasteiger partial charge is 0.160 e. The summed E-state index contributed by atoms with van der Waals surface area (Å²) < 4.78 is 4.84. The Morgan fingerprint density at radius 1 is 1.78 bits per heavy atom. The molecular weight excluding hydrogens is 182 g/mol. The van der Waals surface area contributed by atoms with E-state index in [2.05, 4.69) is 21.1 Å². The van der Waals surface area contributed by atoms with Crippen molar-refractivity contribution < 1.29 is 4.52 Å². The van der Waals surface area contributed by atoms with Crippen molar-refractivity contribution >= 4 is 22.0 Å². The van der Waals surface area contributed by atoms with Crippen molar-refractivity contribution in [1.29, 1.82) is 0 Å². The second kappa shape index (κ2) is 2.82. The van der Waals surface area contributed by atoms with Crippen molar-refractivity contribution in [2.45, 2.75) is 6.92 Å². The van der Waals surface area contributed by atoms with Crippen LogP contribution in [0.1, 0.15) is 11.5 Å². The van der Waals surface area contributed by atoms with Crippen LogP contribution in [0.3, 0.4) is 0 Å². The minimum absolute atomic E-state index is 0.768. The molecule has 0 spiro atoms. The Kier molecular flexibility index (Phi) is 2.05. The molecule has 0 saturated carbocycles. The van der Waals surface area contributed by atoms with Crippen molar-refractivity contribution in [3.63, 3.8) is 0 Å². The molecule has 0 N–H and O–H groups in total. The fourth-order valence-electron chi connectivity index (χ4n) is 0.524. The molecule has 1 aromatic heterocycles. The second-order valence-corrected chi connectivity index (χ2v) is 2.19. The lowest BCUT2D eigenvalue weighted by Crippen LogP contribution is -1.59. The monoisotopic (exact) mass is 187 g/mol. The molecule has 2 nitrogen and oxygen atoms in total. The molecular formula is C6H6BrNO. The first-order valence-electron chi connectivity index (χ1n) is 2.53. The third kappa shape index (κ3) is 1.68. The lowest BCUT2D eigenvalue weighted by Gasteiger charge is -1.72. The van der Waals surface area contributed by atoms with Gasteiger partial charge in [-0.1, -0.05) is 21.1 Å². The minimum atomic E-state index is 0.768. The van der Waals surface area contributed by atoms with Crippen LogP contribution in [0.5, 0.6) is 0 Å². The first-order valence-corrected chi connectivity index (χ1v) is 3.44. The van der Waals surface area contributed by atoms with E-state index in [-0.39, 0.29) is 0 Å². The number of aromatic nitrogens is 1. The molecule has 3 heteroatoms. The van der Waals surface area contributed by atoms with Gasteiger partial charge in [-0.25, -0.2) is 0 Å². The summed E-state index contributed by atoms with van der Waals surface area (Å²) in [5.41, 5.74) is 0.899. The molecule has 0 aromatic carbocycles. The van der Waals surface area contributed by atoms with E-state index in [9.17, 15) is 0 Å². The van der Waals surface area contributed by atoms with Gasteiger partial charge in [0.1, 0.15) is 0 Å². The Bertz CT molecular complexity index is 217. The summed E-state index contributed by atoms with van der Waals surface area (Å²) in [6, 6.07) is 1.86. The van der Waals surface area contributed by atoms with Gasteiger partial charge in [-0.2, -0.15) is 0 Å². The lowest BCUT2D eigenvalue weighted by molar-refractivity contribution is 0.408. The van der Waals surface area contributed by atoms with Gasteiger partial charge in [0, 0.05) is 6.07 Å². The topological polar surface area (TPSA) is 26.0 Å². The van der Waals surface area contributed by atoms with Gasteiger partial charge in [0.15, 0.2) is 5.76 Å². The molecule has 9 heavy (non-hydrogen) atoms. The largest absolute Gasteiger partial charge is 0.357 e. The summed E-state index contributed by atoms with van der Waals surface area (Å²) >= 11 is 3.13. The molecule has 0 aliphatic rings. The molecule has 48 valence electrons. The average Bonchev–Trinajstić information content (AvgIpc) is 2.17. The zero-order chi connectivity index (χ0) is 6.69. The Hall–Kier alpha value is -0.570. The standard InChI is InChI=1S/C6H6BrNO/c1-5-4-6(2-3-7)9-8-5/h2-4H,1H3. The zero-order valence-electron chi connectivity index (χ0n) is 4.97. The maximum Gasteiger partial charge on any atom is 0.160 e. The first-order chi connectivity index (χ1) is 4.33. The Balaban J connectivity index is 2.85. The first kappa shape index (κ1) is 6.55. The Morgan fingerprint density at radius 3 is 3.00 bits per heavy atom. The van der Waals surface area contributed by atoms with Gasteiger partial charge in [0.25, 0.3) is 0 Å². The van der Waals surface area contributed by atoms with Gasteiger partial charge in [-0.3, -0.25) is 0 Å². The number of hydrogen-bond acceptors (Lipinski definition) is 2. The molecule has 1 rings (SSSR count). The van der Waals surface area contributed by atoms with Crippen LogP contribution in [0.25, 0.3) is 6.08 Å². The maximum absolute atomic E-state index is 4.84. The van der Waals surface area contributed by atoms with Crippen LogP contribution in [0.15, 0.2) is 15.6 Å². The normalized spacial score (nSPS) is 10.9. The molecule has 0 unspecified atom stereocenters. The second-order valence-electron chi connectivity index (χ2n) is 1.66.